The lowest BCUT2D eigenvalue weighted by Gasteiger charge is -2.14. The molecule has 8 heteroatoms. The number of hydrogen-bond acceptors (Lipinski definition) is 3. The Balaban J connectivity index is 2.83. The predicted molar refractivity (Wildman–Crippen MR) is 77.8 cm³/mol. The van der Waals surface area contributed by atoms with Crippen LogP contribution in [0, 0.1) is 6.92 Å². The van der Waals surface area contributed by atoms with Gasteiger partial charge < -0.3 is 16.4 Å². The third-order valence-corrected chi connectivity index (χ3v) is 2.72. The van der Waals surface area contributed by atoms with Crippen molar-refractivity contribution < 1.29 is 9.59 Å². The van der Waals surface area contributed by atoms with Crippen molar-refractivity contribution in [2.45, 2.75) is 10.7 Å². The van der Waals surface area contributed by atoms with Crippen LogP contribution in [0.2, 0.25) is 0 Å². The zero-order valence-electron chi connectivity index (χ0n) is 9.97. The van der Waals surface area contributed by atoms with Crippen LogP contribution in [-0.4, -0.2) is 22.2 Å². The Morgan fingerprint density at radius 1 is 1.26 bits per heavy atom. The third-order valence-electron chi connectivity index (χ3n) is 2.20. The van der Waals surface area contributed by atoms with E-state index >= 15 is 0 Å². The largest absolute Gasteiger partial charge is 0.325 e. The summed E-state index contributed by atoms with van der Waals surface area (Å²) in [6.07, 6.45) is 0. The fraction of sp³-hybridized carbons (Fsp3) is 0.273. The van der Waals surface area contributed by atoms with Gasteiger partial charge in [0.2, 0.25) is 5.91 Å². The van der Waals surface area contributed by atoms with Gasteiger partial charge in [0.1, 0.15) is 0 Å². The molecule has 0 atom stereocenters. The maximum absolute atomic E-state index is 11.5. The van der Waals surface area contributed by atoms with E-state index in [0.29, 0.717) is 16.9 Å². The van der Waals surface area contributed by atoms with E-state index in [2.05, 4.69) is 10.6 Å². The summed E-state index contributed by atoms with van der Waals surface area (Å²) in [5, 5.41) is 5.06. The maximum Gasteiger partial charge on any atom is 0.276 e. The molecule has 0 saturated heterocycles. The Bertz CT molecular complexity index is 500. The number of hydrogen-bond donors (Lipinski definition) is 3. The van der Waals surface area contributed by atoms with Gasteiger partial charge in [0.25, 0.3) is 9.70 Å². The second kappa shape index (κ2) is 6.43. The van der Waals surface area contributed by atoms with Crippen molar-refractivity contribution >= 4 is 58.0 Å². The molecular formula is C11H12Cl3N3O2. The summed E-state index contributed by atoms with van der Waals surface area (Å²) in [4.78, 5) is 22.6. The van der Waals surface area contributed by atoms with Crippen LogP contribution in [0.1, 0.15) is 5.56 Å². The standard InChI is InChI=1S/C11H12Cl3N3O2/c1-6-4-7(16-9(18)5-15)2-3-8(6)17-10(19)11(12,13)14/h2-4H,5,15H2,1H3,(H,16,18)(H,17,19). The number of benzene rings is 1. The van der Waals surface area contributed by atoms with Gasteiger partial charge in [0.05, 0.1) is 6.54 Å². The lowest BCUT2D eigenvalue weighted by atomic mass is 10.1. The first-order valence-electron chi connectivity index (χ1n) is 5.23. The molecule has 0 aliphatic carbocycles. The molecule has 0 spiro atoms. The van der Waals surface area contributed by atoms with Gasteiger partial charge in [-0.25, -0.2) is 0 Å². The molecule has 1 aromatic carbocycles. The Hall–Kier alpha value is -1.01. The van der Waals surface area contributed by atoms with Gasteiger partial charge in [-0.1, -0.05) is 34.8 Å². The molecule has 5 nitrogen and oxygen atoms in total. The number of carbonyl (C=O) groups excluding carboxylic acids is 2. The molecule has 4 N–H and O–H groups in total. The van der Waals surface area contributed by atoms with Crippen molar-refractivity contribution in [2.24, 2.45) is 5.73 Å². The Kier molecular flexibility index (Phi) is 5.43. The second-order valence-electron chi connectivity index (χ2n) is 3.73. The van der Waals surface area contributed by atoms with Crippen molar-refractivity contribution in [3.63, 3.8) is 0 Å². The highest BCUT2D eigenvalue weighted by Crippen LogP contribution is 2.29. The molecule has 0 aromatic heterocycles. The van der Waals surface area contributed by atoms with E-state index in [1.54, 1.807) is 25.1 Å². The van der Waals surface area contributed by atoms with E-state index in [-0.39, 0.29) is 12.5 Å². The number of nitrogens with one attached hydrogen (secondary N) is 2. The Labute approximate surface area is 125 Å². The molecule has 0 bridgehead atoms. The smallest absolute Gasteiger partial charge is 0.276 e. The average molecular weight is 325 g/mol. The maximum atomic E-state index is 11.5. The van der Waals surface area contributed by atoms with Gasteiger partial charge in [-0.05, 0) is 30.7 Å². The van der Waals surface area contributed by atoms with E-state index in [4.69, 9.17) is 40.5 Å². The number of halogens is 3. The van der Waals surface area contributed by atoms with Crippen molar-refractivity contribution in [3.05, 3.63) is 23.8 Å². The summed E-state index contributed by atoms with van der Waals surface area (Å²) in [6.45, 7) is 1.64. The molecule has 104 valence electrons. The quantitative estimate of drug-likeness (QED) is 0.745. The Morgan fingerprint density at radius 2 is 1.89 bits per heavy atom. The van der Waals surface area contributed by atoms with Gasteiger partial charge in [0.15, 0.2) is 0 Å². The molecule has 0 fully saturated rings. The molecule has 0 heterocycles. The fourth-order valence-electron chi connectivity index (χ4n) is 1.29. The van der Waals surface area contributed by atoms with Crippen LogP contribution >= 0.6 is 34.8 Å². The lowest BCUT2D eigenvalue weighted by Crippen LogP contribution is -2.27. The number of anilines is 2. The van der Waals surface area contributed by atoms with Crippen molar-refractivity contribution in [2.75, 3.05) is 17.2 Å². The van der Waals surface area contributed by atoms with Crippen LogP contribution in [0.25, 0.3) is 0 Å². The molecule has 1 rings (SSSR count). The molecule has 0 unspecified atom stereocenters. The average Bonchev–Trinajstić information content (AvgIpc) is 2.31. The number of nitrogens with two attached hydrogens (primary N) is 1. The molecule has 0 radical (unpaired) electrons. The molecule has 0 aliphatic heterocycles. The van der Waals surface area contributed by atoms with Crippen LogP contribution < -0.4 is 16.4 Å². The molecule has 0 saturated carbocycles. The molecule has 0 aliphatic rings. The third kappa shape index (κ3) is 4.87. The highest BCUT2D eigenvalue weighted by atomic mass is 35.6. The van der Waals surface area contributed by atoms with Crippen molar-refractivity contribution in [1.82, 2.24) is 0 Å². The van der Waals surface area contributed by atoms with E-state index < -0.39 is 9.70 Å². The number of aryl methyl sites for hydroxylation is 1. The SMILES string of the molecule is Cc1cc(NC(=O)CN)ccc1NC(=O)C(Cl)(Cl)Cl. The minimum Gasteiger partial charge on any atom is -0.325 e. The summed E-state index contributed by atoms with van der Waals surface area (Å²) < 4.78 is -2.03. The highest BCUT2D eigenvalue weighted by molar-refractivity contribution is 6.76. The van der Waals surface area contributed by atoms with Gasteiger partial charge in [-0.15, -0.1) is 0 Å². The minimum atomic E-state index is -2.03. The van der Waals surface area contributed by atoms with Crippen molar-refractivity contribution in [3.8, 4) is 0 Å². The summed E-state index contributed by atoms with van der Waals surface area (Å²) in [7, 11) is 0. The van der Waals surface area contributed by atoms with E-state index in [1.807, 2.05) is 0 Å². The second-order valence-corrected chi connectivity index (χ2v) is 6.02. The summed E-state index contributed by atoms with van der Waals surface area (Å²) in [6, 6.07) is 4.87. The van der Waals surface area contributed by atoms with E-state index in [0.717, 1.165) is 0 Å². The monoisotopic (exact) mass is 323 g/mol. The summed E-state index contributed by atoms with van der Waals surface area (Å²) >= 11 is 16.4. The first-order chi connectivity index (χ1) is 8.74. The summed E-state index contributed by atoms with van der Waals surface area (Å²) in [5.74, 6) is -1.06. The number of alkyl halides is 3. The van der Waals surface area contributed by atoms with Crippen LogP contribution in [0.5, 0.6) is 0 Å². The number of carbonyl (C=O) groups is 2. The zero-order chi connectivity index (χ0) is 14.6. The normalized spacial score (nSPS) is 11.0. The van der Waals surface area contributed by atoms with E-state index in [9.17, 15) is 9.59 Å². The van der Waals surface area contributed by atoms with E-state index in [1.165, 1.54) is 0 Å². The van der Waals surface area contributed by atoms with Gasteiger partial charge in [-0.2, -0.15) is 0 Å². The zero-order valence-corrected chi connectivity index (χ0v) is 12.2. The van der Waals surface area contributed by atoms with Crippen LogP contribution in [0.15, 0.2) is 18.2 Å². The van der Waals surface area contributed by atoms with Gasteiger partial charge in [-0.3, -0.25) is 9.59 Å². The highest BCUT2D eigenvalue weighted by Gasteiger charge is 2.30. The fourth-order valence-corrected chi connectivity index (χ4v) is 1.43. The van der Waals surface area contributed by atoms with Gasteiger partial charge >= 0.3 is 0 Å². The van der Waals surface area contributed by atoms with Crippen LogP contribution in [-0.2, 0) is 9.59 Å². The van der Waals surface area contributed by atoms with Crippen LogP contribution in [0.4, 0.5) is 11.4 Å². The number of rotatable bonds is 3. The van der Waals surface area contributed by atoms with Gasteiger partial charge in [0, 0.05) is 11.4 Å². The minimum absolute atomic E-state index is 0.106. The lowest BCUT2D eigenvalue weighted by molar-refractivity contribution is -0.116. The topological polar surface area (TPSA) is 84.2 Å². The predicted octanol–water partition coefficient (Wildman–Crippen LogP) is 2.20. The first-order valence-corrected chi connectivity index (χ1v) is 6.36. The molecule has 19 heavy (non-hydrogen) atoms. The summed E-state index contributed by atoms with van der Waals surface area (Å²) in [5.41, 5.74) is 6.95. The molecule has 2 amide bonds. The molecule has 1 aromatic rings. The number of amides is 2. The Morgan fingerprint density at radius 3 is 2.37 bits per heavy atom. The van der Waals surface area contributed by atoms with Crippen molar-refractivity contribution in [1.29, 1.82) is 0 Å². The van der Waals surface area contributed by atoms with Crippen LogP contribution in [0.3, 0.4) is 0 Å². The molecular weight excluding hydrogens is 312 g/mol. The first kappa shape index (κ1) is 16.0.